The van der Waals surface area contributed by atoms with Crippen LogP contribution in [0.25, 0.3) is 0 Å². The van der Waals surface area contributed by atoms with Crippen LogP contribution in [0, 0.1) is 16.0 Å². The Labute approximate surface area is 94.8 Å². The van der Waals surface area contributed by atoms with Gasteiger partial charge in [-0.05, 0) is 18.1 Å². The summed E-state index contributed by atoms with van der Waals surface area (Å²) in [4.78, 5) is 10.1. The molecule has 0 radical (unpaired) electrons. The van der Waals surface area contributed by atoms with Gasteiger partial charge in [0.25, 0.3) is 5.69 Å². The second-order valence-electron chi connectivity index (χ2n) is 3.93. The first-order valence-corrected chi connectivity index (χ1v) is 5.32. The molecule has 0 aromatic heterocycles. The highest BCUT2D eigenvalue weighted by Crippen LogP contribution is 2.24. The molecule has 0 aliphatic rings. The molecule has 5 nitrogen and oxygen atoms in total. The number of anilines is 2. The Morgan fingerprint density at radius 2 is 2.25 bits per heavy atom. The van der Waals surface area contributed by atoms with Crippen LogP contribution in [0.4, 0.5) is 17.1 Å². The zero-order chi connectivity index (χ0) is 12.1. The van der Waals surface area contributed by atoms with E-state index in [2.05, 4.69) is 19.2 Å². The van der Waals surface area contributed by atoms with Gasteiger partial charge in [0.2, 0.25) is 0 Å². The van der Waals surface area contributed by atoms with Gasteiger partial charge in [-0.2, -0.15) is 0 Å². The summed E-state index contributed by atoms with van der Waals surface area (Å²) in [5.74, 6) is 0.566. The Hall–Kier alpha value is -1.78. The van der Waals surface area contributed by atoms with Gasteiger partial charge in [0.05, 0.1) is 4.92 Å². The van der Waals surface area contributed by atoms with Crippen molar-refractivity contribution in [2.75, 3.05) is 17.6 Å². The van der Waals surface area contributed by atoms with Gasteiger partial charge < -0.3 is 11.1 Å². The number of nitrogen functional groups attached to an aromatic ring is 1. The van der Waals surface area contributed by atoms with E-state index in [9.17, 15) is 10.1 Å². The fourth-order valence-electron chi connectivity index (χ4n) is 1.27. The molecule has 0 aliphatic carbocycles. The lowest BCUT2D eigenvalue weighted by atomic mass is 10.1. The fourth-order valence-corrected chi connectivity index (χ4v) is 1.27. The average molecular weight is 223 g/mol. The summed E-state index contributed by atoms with van der Waals surface area (Å²) < 4.78 is 0. The summed E-state index contributed by atoms with van der Waals surface area (Å²) in [6.45, 7) is 5.10. The topological polar surface area (TPSA) is 81.2 Å². The molecule has 1 unspecified atom stereocenters. The Morgan fingerprint density at radius 3 is 2.75 bits per heavy atom. The van der Waals surface area contributed by atoms with Crippen molar-refractivity contribution in [1.82, 2.24) is 0 Å². The summed E-state index contributed by atoms with van der Waals surface area (Å²) in [5.41, 5.74) is 6.55. The molecular formula is C11H17N3O2. The average Bonchev–Trinajstić information content (AvgIpc) is 2.25. The number of nitrogens with zero attached hydrogens (tertiary/aromatic N) is 1. The second kappa shape index (κ2) is 5.34. The second-order valence-corrected chi connectivity index (χ2v) is 3.93. The molecule has 0 aliphatic heterocycles. The maximum absolute atomic E-state index is 10.6. The van der Waals surface area contributed by atoms with Gasteiger partial charge in [-0.3, -0.25) is 10.1 Å². The van der Waals surface area contributed by atoms with Crippen LogP contribution in [0.2, 0.25) is 0 Å². The minimum atomic E-state index is -0.478. The van der Waals surface area contributed by atoms with E-state index in [1.807, 2.05) is 0 Å². The normalized spacial score (nSPS) is 12.1. The van der Waals surface area contributed by atoms with Crippen LogP contribution in [-0.2, 0) is 0 Å². The zero-order valence-corrected chi connectivity index (χ0v) is 9.56. The van der Waals surface area contributed by atoms with Gasteiger partial charge in [0.15, 0.2) is 0 Å². The summed E-state index contributed by atoms with van der Waals surface area (Å²) in [5, 5.41) is 13.8. The number of hydrogen-bond acceptors (Lipinski definition) is 4. The first kappa shape index (κ1) is 12.3. The van der Waals surface area contributed by atoms with E-state index in [1.165, 1.54) is 6.07 Å². The maximum Gasteiger partial charge on any atom is 0.292 e. The van der Waals surface area contributed by atoms with E-state index >= 15 is 0 Å². The minimum Gasteiger partial charge on any atom is -0.393 e. The molecule has 16 heavy (non-hydrogen) atoms. The summed E-state index contributed by atoms with van der Waals surface area (Å²) >= 11 is 0. The molecule has 0 saturated heterocycles. The number of benzene rings is 1. The highest BCUT2D eigenvalue weighted by atomic mass is 16.6. The van der Waals surface area contributed by atoms with Crippen LogP contribution < -0.4 is 11.1 Å². The van der Waals surface area contributed by atoms with Gasteiger partial charge in [-0.15, -0.1) is 0 Å². The van der Waals surface area contributed by atoms with Crippen molar-refractivity contribution in [3.8, 4) is 0 Å². The van der Waals surface area contributed by atoms with Crippen LogP contribution >= 0.6 is 0 Å². The first-order valence-electron chi connectivity index (χ1n) is 5.32. The van der Waals surface area contributed by atoms with Crippen molar-refractivity contribution in [1.29, 1.82) is 0 Å². The third-order valence-electron chi connectivity index (χ3n) is 2.58. The standard InChI is InChI=1S/C11H17N3O2/c1-3-8(2)7-13-9-4-5-11(14(15)16)10(12)6-9/h4-6,8,13H,3,7,12H2,1-2H3. The van der Waals surface area contributed by atoms with Crippen LogP contribution in [0.15, 0.2) is 18.2 Å². The van der Waals surface area contributed by atoms with Crippen LogP contribution in [0.3, 0.4) is 0 Å². The maximum atomic E-state index is 10.6. The van der Waals surface area contributed by atoms with E-state index in [0.29, 0.717) is 5.92 Å². The van der Waals surface area contributed by atoms with Gasteiger partial charge in [-0.25, -0.2) is 0 Å². The van der Waals surface area contributed by atoms with Crippen molar-refractivity contribution >= 4 is 17.1 Å². The van der Waals surface area contributed by atoms with Crippen molar-refractivity contribution in [2.24, 2.45) is 5.92 Å². The number of nitro groups is 1. The molecule has 0 saturated carbocycles. The Bertz CT molecular complexity index is 379. The summed E-state index contributed by atoms with van der Waals surface area (Å²) in [6, 6.07) is 4.70. The molecule has 3 N–H and O–H groups in total. The molecule has 0 amide bonds. The summed E-state index contributed by atoms with van der Waals surface area (Å²) in [7, 11) is 0. The van der Waals surface area contributed by atoms with Gasteiger partial charge in [0, 0.05) is 18.3 Å². The van der Waals surface area contributed by atoms with Crippen molar-refractivity contribution in [3.63, 3.8) is 0 Å². The van der Waals surface area contributed by atoms with Crippen LogP contribution in [0.1, 0.15) is 20.3 Å². The third kappa shape index (κ3) is 3.12. The van der Waals surface area contributed by atoms with Gasteiger partial charge >= 0.3 is 0 Å². The monoisotopic (exact) mass is 223 g/mol. The van der Waals surface area contributed by atoms with Crippen molar-refractivity contribution in [3.05, 3.63) is 28.3 Å². The third-order valence-corrected chi connectivity index (χ3v) is 2.58. The molecule has 1 rings (SSSR count). The molecule has 5 heteroatoms. The Kier molecular flexibility index (Phi) is 4.10. The number of rotatable bonds is 5. The fraction of sp³-hybridized carbons (Fsp3) is 0.455. The van der Waals surface area contributed by atoms with Crippen LogP contribution in [-0.4, -0.2) is 11.5 Å². The Morgan fingerprint density at radius 1 is 1.56 bits per heavy atom. The van der Waals surface area contributed by atoms with Crippen molar-refractivity contribution in [2.45, 2.75) is 20.3 Å². The lowest BCUT2D eigenvalue weighted by Crippen LogP contribution is -2.10. The highest BCUT2D eigenvalue weighted by molar-refractivity contribution is 5.65. The largest absolute Gasteiger partial charge is 0.393 e. The van der Waals surface area contributed by atoms with Gasteiger partial charge in [-0.1, -0.05) is 20.3 Å². The molecule has 1 aromatic carbocycles. The molecule has 0 spiro atoms. The first-order chi connectivity index (χ1) is 7.54. The lowest BCUT2D eigenvalue weighted by Gasteiger charge is -2.11. The molecule has 0 heterocycles. The number of hydrogen-bond donors (Lipinski definition) is 2. The smallest absolute Gasteiger partial charge is 0.292 e. The minimum absolute atomic E-state index is 0.0471. The SMILES string of the molecule is CCC(C)CNc1ccc([N+](=O)[O-])c(N)c1. The molecule has 0 bridgehead atoms. The molecule has 0 fully saturated rings. The molecule has 1 aromatic rings. The molecular weight excluding hydrogens is 206 g/mol. The van der Waals surface area contributed by atoms with Gasteiger partial charge in [0.1, 0.15) is 5.69 Å². The highest BCUT2D eigenvalue weighted by Gasteiger charge is 2.10. The Balaban J connectivity index is 2.70. The number of nitrogens with one attached hydrogen (secondary N) is 1. The van der Waals surface area contributed by atoms with E-state index < -0.39 is 4.92 Å². The molecule has 88 valence electrons. The van der Waals surface area contributed by atoms with E-state index in [0.717, 1.165) is 18.7 Å². The summed E-state index contributed by atoms with van der Waals surface area (Å²) in [6.07, 6.45) is 1.09. The predicted molar refractivity (Wildman–Crippen MR) is 65.5 cm³/mol. The van der Waals surface area contributed by atoms with E-state index in [1.54, 1.807) is 12.1 Å². The quantitative estimate of drug-likeness (QED) is 0.456. The lowest BCUT2D eigenvalue weighted by molar-refractivity contribution is -0.383. The number of nitrogens with two attached hydrogens (primary N) is 1. The van der Waals surface area contributed by atoms with E-state index in [4.69, 9.17) is 5.73 Å². The van der Waals surface area contributed by atoms with Crippen molar-refractivity contribution < 1.29 is 4.92 Å². The van der Waals surface area contributed by atoms with Crippen LogP contribution in [0.5, 0.6) is 0 Å². The number of nitro benzene ring substituents is 1. The molecule has 1 atom stereocenters. The predicted octanol–water partition coefficient (Wildman–Crippen LogP) is 2.63. The van der Waals surface area contributed by atoms with E-state index in [-0.39, 0.29) is 11.4 Å². The zero-order valence-electron chi connectivity index (χ0n) is 9.56.